The Morgan fingerprint density at radius 2 is 1.92 bits per heavy atom. The van der Waals surface area contributed by atoms with Crippen LogP contribution in [0.3, 0.4) is 0 Å². The molecule has 148 valence electrons. The average Bonchev–Trinajstić information content (AvgIpc) is 2.83. The monoisotopic (exact) mass is 407 g/mol. The molecule has 2 saturated heterocycles. The minimum atomic E-state index is -0.202. The van der Waals surface area contributed by atoms with Crippen LogP contribution >= 0.6 is 24.8 Å². The third-order valence-electron chi connectivity index (χ3n) is 4.68. The molecule has 0 aliphatic carbocycles. The van der Waals surface area contributed by atoms with Crippen LogP contribution in [0.25, 0.3) is 0 Å². The van der Waals surface area contributed by atoms with Gasteiger partial charge in [-0.25, -0.2) is 4.39 Å². The lowest BCUT2D eigenvalue weighted by atomic mass is 10.1. The smallest absolute Gasteiger partial charge is 0.224 e. The summed E-state index contributed by atoms with van der Waals surface area (Å²) in [5, 5.41) is 3.34. The van der Waals surface area contributed by atoms with Gasteiger partial charge in [0.15, 0.2) is 0 Å². The van der Waals surface area contributed by atoms with Gasteiger partial charge in [0.05, 0.1) is 13.2 Å². The SMILES string of the molecule is Cl.Cl.O=C(CC1COCCN1)N1CCCN(Cc2ccc(F)cc2)CC1. The van der Waals surface area contributed by atoms with Crippen molar-refractivity contribution in [2.45, 2.75) is 25.4 Å². The first kappa shape index (κ1) is 23.1. The predicted octanol–water partition coefficient (Wildman–Crippen LogP) is 2.08. The normalized spacial score (nSPS) is 21.3. The number of nitrogens with one attached hydrogen (secondary N) is 1. The van der Waals surface area contributed by atoms with E-state index in [2.05, 4.69) is 10.2 Å². The van der Waals surface area contributed by atoms with Gasteiger partial charge in [-0.2, -0.15) is 0 Å². The van der Waals surface area contributed by atoms with Gasteiger partial charge in [-0.1, -0.05) is 12.1 Å². The van der Waals surface area contributed by atoms with Gasteiger partial charge >= 0.3 is 0 Å². The lowest BCUT2D eigenvalue weighted by Gasteiger charge is -2.27. The first-order valence-electron chi connectivity index (χ1n) is 8.76. The molecule has 2 aliphatic rings. The molecule has 3 rings (SSSR count). The van der Waals surface area contributed by atoms with Crippen molar-refractivity contribution in [3.63, 3.8) is 0 Å². The Morgan fingerprint density at radius 1 is 1.15 bits per heavy atom. The summed E-state index contributed by atoms with van der Waals surface area (Å²) in [6.45, 7) is 6.37. The van der Waals surface area contributed by atoms with Crippen molar-refractivity contribution in [2.24, 2.45) is 0 Å². The molecule has 0 bridgehead atoms. The lowest BCUT2D eigenvalue weighted by molar-refractivity contribution is -0.132. The van der Waals surface area contributed by atoms with Crippen molar-refractivity contribution in [1.29, 1.82) is 0 Å². The standard InChI is InChI=1S/C18H26FN3O2.2ClH/c19-16-4-2-15(3-5-16)13-21-7-1-8-22(10-9-21)18(23)12-17-14-24-11-6-20-17;;/h2-5,17,20H,1,6-14H2;2*1H. The third kappa shape index (κ3) is 7.00. The number of halogens is 3. The Hall–Kier alpha value is -0.920. The largest absolute Gasteiger partial charge is 0.378 e. The fraction of sp³-hybridized carbons (Fsp3) is 0.611. The van der Waals surface area contributed by atoms with Crippen LogP contribution in [0.2, 0.25) is 0 Å². The zero-order valence-electron chi connectivity index (χ0n) is 14.9. The van der Waals surface area contributed by atoms with E-state index >= 15 is 0 Å². The maximum absolute atomic E-state index is 13.0. The van der Waals surface area contributed by atoms with E-state index in [1.165, 1.54) is 12.1 Å². The molecule has 2 fully saturated rings. The number of carbonyl (C=O) groups excluding carboxylic acids is 1. The molecule has 1 atom stereocenters. The molecule has 2 heterocycles. The summed E-state index contributed by atoms with van der Waals surface area (Å²) in [4.78, 5) is 16.8. The van der Waals surface area contributed by atoms with Crippen LogP contribution in [0.5, 0.6) is 0 Å². The molecular weight excluding hydrogens is 380 g/mol. The number of rotatable bonds is 4. The molecule has 0 radical (unpaired) electrons. The Kier molecular flexibility index (Phi) is 10.4. The Bertz CT molecular complexity index is 542. The summed E-state index contributed by atoms with van der Waals surface area (Å²) in [6.07, 6.45) is 1.49. The average molecular weight is 408 g/mol. The van der Waals surface area contributed by atoms with Gasteiger partial charge in [0.1, 0.15) is 5.82 Å². The predicted molar refractivity (Wildman–Crippen MR) is 105 cm³/mol. The lowest BCUT2D eigenvalue weighted by Crippen LogP contribution is -2.45. The molecule has 1 aromatic rings. The summed E-state index contributed by atoms with van der Waals surface area (Å²) < 4.78 is 18.4. The van der Waals surface area contributed by atoms with Crippen LogP contribution in [-0.2, 0) is 16.1 Å². The maximum atomic E-state index is 13.0. The summed E-state index contributed by atoms with van der Waals surface area (Å²) in [5.74, 6) is 0.00771. The van der Waals surface area contributed by atoms with Crippen molar-refractivity contribution >= 4 is 30.7 Å². The number of benzene rings is 1. The molecule has 0 aromatic heterocycles. The number of carbonyl (C=O) groups is 1. The second-order valence-electron chi connectivity index (χ2n) is 6.57. The molecule has 5 nitrogen and oxygen atoms in total. The van der Waals surface area contributed by atoms with Crippen LogP contribution in [0.15, 0.2) is 24.3 Å². The van der Waals surface area contributed by atoms with Gasteiger partial charge in [0.2, 0.25) is 5.91 Å². The molecule has 1 N–H and O–H groups in total. The van der Waals surface area contributed by atoms with Gasteiger partial charge in [0, 0.05) is 51.7 Å². The van der Waals surface area contributed by atoms with E-state index in [9.17, 15) is 9.18 Å². The zero-order valence-corrected chi connectivity index (χ0v) is 16.5. The molecular formula is C18H28Cl2FN3O2. The zero-order chi connectivity index (χ0) is 16.8. The molecule has 1 amide bonds. The number of ether oxygens (including phenoxy) is 1. The Morgan fingerprint density at radius 3 is 2.62 bits per heavy atom. The second-order valence-corrected chi connectivity index (χ2v) is 6.57. The molecule has 0 saturated carbocycles. The third-order valence-corrected chi connectivity index (χ3v) is 4.68. The quantitative estimate of drug-likeness (QED) is 0.829. The van der Waals surface area contributed by atoms with E-state index in [1.54, 1.807) is 0 Å². The summed E-state index contributed by atoms with van der Waals surface area (Å²) in [5.41, 5.74) is 1.11. The fourth-order valence-electron chi connectivity index (χ4n) is 3.32. The summed E-state index contributed by atoms with van der Waals surface area (Å²) in [6, 6.07) is 6.81. The van der Waals surface area contributed by atoms with Crippen molar-refractivity contribution < 1.29 is 13.9 Å². The van der Waals surface area contributed by atoms with Crippen molar-refractivity contribution in [3.8, 4) is 0 Å². The van der Waals surface area contributed by atoms with E-state index in [1.807, 2.05) is 17.0 Å². The second kappa shape index (κ2) is 11.7. The Balaban J connectivity index is 0.00000169. The summed E-state index contributed by atoms with van der Waals surface area (Å²) >= 11 is 0. The minimum absolute atomic E-state index is 0. The van der Waals surface area contributed by atoms with E-state index in [0.29, 0.717) is 13.0 Å². The van der Waals surface area contributed by atoms with E-state index in [0.717, 1.165) is 57.9 Å². The first-order valence-corrected chi connectivity index (χ1v) is 8.76. The highest BCUT2D eigenvalue weighted by Crippen LogP contribution is 2.11. The maximum Gasteiger partial charge on any atom is 0.224 e. The molecule has 1 unspecified atom stereocenters. The fourth-order valence-corrected chi connectivity index (χ4v) is 3.32. The van der Waals surface area contributed by atoms with Crippen LogP contribution in [0.1, 0.15) is 18.4 Å². The first-order chi connectivity index (χ1) is 11.7. The molecule has 0 spiro atoms. The highest BCUT2D eigenvalue weighted by molar-refractivity contribution is 5.85. The van der Waals surface area contributed by atoms with Crippen molar-refractivity contribution in [3.05, 3.63) is 35.6 Å². The van der Waals surface area contributed by atoms with Gasteiger partial charge < -0.3 is 15.0 Å². The molecule has 1 aromatic carbocycles. The minimum Gasteiger partial charge on any atom is -0.378 e. The van der Waals surface area contributed by atoms with E-state index in [-0.39, 0.29) is 42.6 Å². The van der Waals surface area contributed by atoms with Crippen LogP contribution < -0.4 is 5.32 Å². The van der Waals surface area contributed by atoms with E-state index < -0.39 is 0 Å². The highest BCUT2D eigenvalue weighted by atomic mass is 35.5. The number of hydrogen-bond donors (Lipinski definition) is 1. The van der Waals surface area contributed by atoms with Gasteiger partial charge in [-0.15, -0.1) is 24.8 Å². The number of amides is 1. The molecule has 8 heteroatoms. The van der Waals surface area contributed by atoms with Gasteiger partial charge in [0.25, 0.3) is 0 Å². The summed E-state index contributed by atoms with van der Waals surface area (Å²) in [7, 11) is 0. The highest BCUT2D eigenvalue weighted by Gasteiger charge is 2.23. The van der Waals surface area contributed by atoms with Crippen LogP contribution in [-0.4, -0.2) is 67.7 Å². The molecule has 26 heavy (non-hydrogen) atoms. The van der Waals surface area contributed by atoms with Gasteiger partial charge in [-0.05, 0) is 24.1 Å². The van der Waals surface area contributed by atoms with Gasteiger partial charge in [-0.3, -0.25) is 9.69 Å². The van der Waals surface area contributed by atoms with Crippen molar-refractivity contribution in [1.82, 2.24) is 15.1 Å². The van der Waals surface area contributed by atoms with Crippen LogP contribution in [0.4, 0.5) is 4.39 Å². The topological polar surface area (TPSA) is 44.8 Å². The van der Waals surface area contributed by atoms with Crippen molar-refractivity contribution in [2.75, 3.05) is 45.9 Å². The van der Waals surface area contributed by atoms with Crippen LogP contribution in [0, 0.1) is 5.82 Å². The van der Waals surface area contributed by atoms with E-state index in [4.69, 9.17) is 4.74 Å². The number of hydrogen-bond acceptors (Lipinski definition) is 4. The number of morpholine rings is 1. The Labute approximate surface area is 167 Å². The molecule has 2 aliphatic heterocycles. The number of nitrogens with zero attached hydrogens (tertiary/aromatic N) is 2.